The molecule has 0 radical (unpaired) electrons. The molecule has 0 aliphatic carbocycles. The first kappa shape index (κ1) is 41.6. The zero-order valence-electron chi connectivity index (χ0n) is 28.7. The summed E-state index contributed by atoms with van der Waals surface area (Å²) in [5.41, 5.74) is 0. The Bertz CT molecular complexity index is 617. The molecule has 0 unspecified atom stereocenters. The smallest absolute Gasteiger partial charge is 0.306 e. The van der Waals surface area contributed by atoms with Crippen LogP contribution in [-0.4, -0.2) is 36.4 Å². The van der Waals surface area contributed by atoms with Gasteiger partial charge in [-0.25, -0.2) is 0 Å². The minimum absolute atomic E-state index is 0.0647. The summed E-state index contributed by atoms with van der Waals surface area (Å²) in [7, 11) is 0. The number of carbonyl (C=O) groups is 2. The number of hydrogen-bond acceptors (Lipinski definition) is 5. The molecule has 0 saturated heterocycles. The summed E-state index contributed by atoms with van der Waals surface area (Å²) in [6.07, 6.45) is 38.4. The number of aliphatic hydroxyl groups is 1. The first-order valence-electron chi connectivity index (χ1n) is 18.7. The monoisotopic (exact) mass is 609 g/mol. The fraction of sp³-hybridized carbons (Fsp3) is 0.895. The van der Waals surface area contributed by atoms with Crippen molar-refractivity contribution in [2.75, 3.05) is 13.2 Å². The molecule has 43 heavy (non-hydrogen) atoms. The van der Waals surface area contributed by atoms with Gasteiger partial charge in [-0.05, 0) is 38.5 Å². The number of aliphatic hydroxyl groups excluding tert-OH is 1. The molecular weight excluding hydrogens is 536 g/mol. The van der Waals surface area contributed by atoms with E-state index in [0.29, 0.717) is 12.8 Å². The van der Waals surface area contributed by atoms with E-state index < -0.39 is 6.10 Å². The summed E-state index contributed by atoms with van der Waals surface area (Å²) < 4.78 is 10.6. The standard InChI is InChI=1S/C38H72O5/c1-3-5-7-9-11-13-15-17-18-19-21-23-25-27-29-31-33-38(41)43-36(34-39)35-42-37(40)32-30-28-26-24-22-20-16-14-12-10-8-6-4-2/h14,16,36,39H,3-13,15,17-35H2,1-2H3/b16-14+/t36-/m0/s1. The van der Waals surface area contributed by atoms with Crippen LogP contribution in [0.5, 0.6) is 0 Å². The minimum Gasteiger partial charge on any atom is -0.462 e. The highest BCUT2D eigenvalue weighted by molar-refractivity contribution is 5.70. The molecule has 0 heterocycles. The third-order valence-corrected chi connectivity index (χ3v) is 8.31. The Balaban J connectivity index is 3.53. The average Bonchev–Trinajstić information content (AvgIpc) is 3.01. The Labute approximate surface area is 267 Å². The second-order valence-corrected chi connectivity index (χ2v) is 12.7. The van der Waals surface area contributed by atoms with Crippen molar-refractivity contribution in [3.8, 4) is 0 Å². The number of allylic oxidation sites excluding steroid dienone is 2. The minimum atomic E-state index is -0.766. The van der Waals surface area contributed by atoms with Crippen molar-refractivity contribution in [2.24, 2.45) is 0 Å². The Morgan fingerprint density at radius 1 is 0.512 bits per heavy atom. The fourth-order valence-electron chi connectivity index (χ4n) is 5.43. The van der Waals surface area contributed by atoms with Gasteiger partial charge in [0.1, 0.15) is 6.61 Å². The number of rotatable bonds is 34. The highest BCUT2D eigenvalue weighted by Crippen LogP contribution is 2.15. The van der Waals surface area contributed by atoms with Crippen molar-refractivity contribution >= 4 is 11.9 Å². The summed E-state index contributed by atoms with van der Waals surface area (Å²) >= 11 is 0. The van der Waals surface area contributed by atoms with Crippen LogP contribution in [0.4, 0.5) is 0 Å². The second kappa shape index (κ2) is 35.1. The summed E-state index contributed by atoms with van der Waals surface area (Å²) in [4.78, 5) is 24.2. The summed E-state index contributed by atoms with van der Waals surface area (Å²) in [6.45, 7) is 4.12. The fourth-order valence-corrected chi connectivity index (χ4v) is 5.43. The molecule has 1 atom stereocenters. The molecule has 1 N–H and O–H groups in total. The van der Waals surface area contributed by atoms with Gasteiger partial charge in [-0.15, -0.1) is 0 Å². The lowest BCUT2D eigenvalue weighted by molar-refractivity contribution is -0.161. The molecule has 0 bridgehead atoms. The van der Waals surface area contributed by atoms with Crippen LogP contribution in [0.25, 0.3) is 0 Å². The van der Waals surface area contributed by atoms with Gasteiger partial charge in [0.2, 0.25) is 0 Å². The average molecular weight is 609 g/mol. The molecule has 0 aromatic carbocycles. The molecule has 0 spiro atoms. The number of unbranched alkanes of at least 4 members (excludes halogenated alkanes) is 24. The quantitative estimate of drug-likeness (QED) is 0.0447. The highest BCUT2D eigenvalue weighted by atomic mass is 16.6. The maximum absolute atomic E-state index is 12.1. The maximum atomic E-state index is 12.1. The largest absolute Gasteiger partial charge is 0.462 e. The second-order valence-electron chi connectivity index (χ2n) is 12.7. The molecule has 0 aliphatic rings. The lowest BCUT2D eigenvalue weighted by atomic mass is 10.0. The Kier molecular flexibility index (Phi) is 34.0. The van der Waals surface area contributed by atoms with E-state index in [1.54, 1.807) is 0 Å². The summed E-state index contributed by atoms with van der Waals surface area (Å²) in [5.74, 6) is -0.592. The van der Waals surface area contributed by atoms with E-state index in [4.69, 9.17) is 9.47 Å². The molecular formula is C38H72O5. The van der Waals surface area contributed by atoms with Crippen molar-refractivity contribution in [1.29, 1.82) is 0 Å². The Hall–Kier alpha value is -1.36. The van der Waals surface area contributed by atoms with Crippen LogP contribution < -0.4 is 0 Å². The molecule has 0 aromatic heterocycles. The van der Waals surface area contributed by atoms with Gasteiger partial charge >= 0.3 is 11.9 Å². The number of carbonyl (C=O) groups excluding carboxylic acids is 2. The molecule has 0 fully saturated rings. The van der Waals surface area contributed by atoms with Crippen molar-refractivity contribution in [3.63, 3.8) is 0 Å². The molecule has 0 saturated carbocycles. The predicted octanol–water partition coefficient (Wildman–Crippen LogP) is 11.3. The zero-order valence-corrected chi connectivity index (χ0v) is 28.7. The van der Waals surface area contributed by atoms with E-state index in [9.17, 15) is 14.7 Å². The molecule has 0 rings (SSSR count). The Morgan fingerprint density at radius 2 is 0.860 bits per heavy atom. The Morgan fingerprint density at radius 3 is 1.28 bits per heavy atom. The summed E-state index contributed by atoms with van der Waals surface area (Å²) in [5, 5.41) is 9.53. The van der Waals surface area contributed by atoms with E-state index >= 15 is 0 Å². The number of ether oxygens (including phenoxy) is 2. The van der Waals surface area contributed by atoms with Gasteiger partial charge in [0.25, 0.3) is 0 Å². The molecule has 5 heteroatoms. The van der Waals surface area contributed by atoms with Crippen molar-refractivity contribution < 1.29 is 24.2 Å². The van der Waals surface area contributed by atoms with E-state index in [-0.39, 0.29) is 25.2 Å². The predicted molar refractivity (Wildman–Crippen MR) is 182 cm³/mol. The van der Waals surface area contributed by atoms with Crippen LogP contribution in [0, 0.1) is 0 Å². The van der Waals surface area contributed by atoms with Gasteiger partial charge in [-0.2, -0.15) is 0 Å². The van der Waals surface area contributed by atoms with Gasteiger partial charge < -0.3 is 14.6 Å². The number of esters is 2. The first-order chi connectivity index (χ1) is 21.1. The van der Waals surface area contributed by atoms with Crippen LogP contribution in [0.15, 0.2) is 12.2 Å². The lowest BCUT2D eigenvalue weighted by Gasteiger charge is -2.15. The zero-order chi connectivity index (χ0) is 31.5. The first-order valence-corrected chi connectivity index (χ1v) is 18.7. The van der Waals surface area contributed by atoms with Gasteiger partial charge in [-0.3, -0.25) is 9.59 Å². The van der Waals surface area contributed by atoms with E-state index in [2.05, 4.69) is 26.0 Å². The van der Waals surface area contributed by atoms with Crippen LogP contribution in [-0.2, 0) is 19.1 Å². The third kappa shape index (κ3) is 33.4. The van der Waals surface area contributed by atoms with Crippen molar-refractivity contribution in [3.05, 3.63) is 12.2 Å². The van der Waals surface area contributed by atoms with Gasteiger partial charge in [-0.1, -0.05) is 161 Å². The van der Waals surface area contributed by atoms with Gasteiger partial charge in [0.15, 0.2) is 6.10 Å². The maximum Gasteiger partial charge on any atom is 0.306 e. The van der Waals surface area contributed by atoms with Crippen LogP contribution in [0.1, 0.15) is 200 Å². The van der Waals surface area contributed by atoms with E-state index in [1.165, 1.54) is 128 Å². The lowest BCUT2D eigenvalue weighted by Crippen LogP contribution is -2.28. The molecule has 254 valence electrons. The van der Waals surface area contributed by atoms with Crippen molar-refractivity contribution in [1.82, 2.24) is 0 Å². The van der Waals surface area contributed by atoms with E-state index in [1.807, 2.05) is 0 Å². The van der Waals surface area contributed by atoms with Gasteiger partial charge in [0, 0.05) is 12.8 Å². The van der Waals surface area contributed by atoms with E-state index in [0.717, 1.165) is 44.9 Å². The molecule has 5 nitrogen and oxygen atoms in total. The van der Waals surface area contributed by atoms with Crippen LogP contribution >= 0.6 is 0 Å². The third-order valence-electron chi connectivity index (χ3n) is 8.31. The SMILES string of the molecule is CCCCCC/C=C/CCCCCCCC(=O)OC[C@H](CO)OC(=O)CCCCCCCCCCCCCCCCCC. The van der Waals surface area contributed by atoms with Crippen LogP contribution in [0.2, 0.25) is 0 Å². The normalized spacial score (nSPS) is 12.2. The van der Waals surface area contributed by atoms with Crippen molar-refractivity contribution in [2.45, 2.75) is 206 Å². The molecule has 0 aromatic rings. The molecule has 0 aliphatic heterocycles. The highest BCUT2D eigenvalue weighted by Gasteiger charge is 2.16. The molecule has 0 amide bonds. The number of hydrogen-bond donors (Lipinski definition) is 1. The summed E-state index contributed by atoms with van der Waals surface area (Å²) in [6, 6.07) is 0. The van der Waals surface area contributed by atoms with Gasteiger partial charge in [0.05, 0.1) is 6.61 Å². The topological polar surface area (TPSA) is 72.8 Å². The van der Waals surface area contributed by atoms with Crippen LogP contribution in [0.3, 0.4) is 0 Å².